The summed E-state index contributed by atoms with van der Waals surface area (Å²) in [5, 5.41) is 11.7. The second kappa shape index (κ2) is 6.18. The fourth-order valence-corrected chi connectivity index (χ4v) is 3.11. The number of nitrogens with zero attached hydrogens (tertiary/aromatic N) is 2. The van der Waals surface area contributed by atoms with Crippen LogP contribution in [0.2, 0.25) is 0 Å². The van der Waals surface area contributed by atoms with E-state index in [2.05, 4.69) is 16.3 Å². The van der Waals surface area contributed by atoms with Gasteiger partial charge in [0.2, 0.25) is 0 Å². The van der Waals surface area contributed by atoms with Crippen molar-refractivity contribution in [1.29, 1.82) is 5.26 Å². The maximum Gasteiger partial charge on any atom is 0.151 e. The van der Waals surface area contributed by atoms with E-state index in [1.165, 1.54) is 0 Å². The summed E-state index contributed by atoms with van der Waals surface area (Å²) < 4.78 is 22.8. The van der Waals surface area contributed by atoms with Crippen molar-refractivity contribution < 1.29 is 8.42 Å². The summed E-state index contributed by atoms with van der Waals surface area (Å²) in [4.78, 5) is 2.13. The van der Waals surface area contributed by atoms with Crippen molar-refractivity contribution in [1.82, 2.24) is 10.2 Å². The molecule has 0 aromatic carbocycles. The molecule has 0 saturated carbocycles. The second-order valence-electron chi connectivity index (χ2n) is 4.11. The second-order valence-corrected chi connectivity index (χ2v) is 6.41. The minimum absolute atomic E-state index is 0.139. The highest BCUT2D eigenvalue weighted by molar-refractivity contribution is 7.91. The van der Waals surface area contributed by atoms with E-state index in [4.69, 9.17) is 5.26 Å². The van der Waals surface area contributed by atoms with Crippen LogP contribution < -0.4 is 5.32 Å². The molecule has 1 aliphatic heterocycles. The van der Waals surface area contributed by atoms with E-state index in [1.807, 2.05) is 0 Å². The van der Waals surface area contributed by atoms with Crippen LogP contribution in [0.3, 0.4) is 0 Å². The Morgan fingerprint density at radius 3 is 2.81 bits per heavy atom. The van der Waals surface area contributed by atoms with Gasteiger partial charge < -0.3 is 10.2 Å². The number of nitrogens with one attached hydrogen (secondary N) is 1. The van der Waals surface area contributed by atoms with E-state index in [0.29, 0.717) is 18.7 Å². The first-order valence-corrected chi connectivity index (χ1v) is 7.39. The molecule has 0 amide bonds. The quantitative estimate of drug-likeness (QED) is 0.730. The first-order chi connectivity index (χ1) is 7.57. The van der Waals surface area contributed by atoms with E-state index in [1.54, 1.807) is 7.05 Å². The van der Waals surface area contributed by atoms with Gasteiger partial charge in [-0.15, -0.1) is 0 Å². The molecule has 1 unspecified atom stereocenters. The number of rotatable bonds is 4. The Bertz CT molecular complexity index is 348. The number of hydrogen-bond acceptors (Lipinski definition) is 5. The normalized spacial score (nSPS) is 23.2. The summed E-state index contributed by atoms with van der Waals surface area (Å²) in [6, 6.07) is 2.03. The third-order valence-electron chi connectivity index (χ3n) is 2.89. The summed E-state index contributed by atoms with van der Waals surface area (Å²) in [6.07, 6.45) is 1.45. The molecule has 1 saturated heterocycles. The molecule has 0 spiro atoms. The Morgan fingerprint density at radius 1 is 1.44 bits per heavy atom. The van der Waals surface area contributed by atoms with Gasteiger partial charge in [0.1, 0.15) is 0 Å². The summed E-state index contributed by atoms with van der Waals surface area (Å²) in [7, 11) is -1.06. The van der Waals surface area contributed by atoms with Gasteiger partial charge in [-0.1, -0.05) is 0 Å². The molecule has 1 fully saturated rings. The van der Waals surface area contributed by atoms with Crippen LogP contribution in [0.1, 0.15) is 12.8 Å². The van der Waals surface area contributed by atoms with Gasteiger partial charge in [0, 0.05) is 13.1 Å². The molecule has 1 heterocycles. The fourth-order valence-electron chi connectivity index (χ4n) is 1.80. The smallest absolute Gasteiger partial charge is 0.151 e. The number of hydrogen-bond donors (Lipinski definition) is 1. The van der Waals surface area contributed by atoms with Crippen molar-refractivity contribution in [2.75, 3.05) is 38.2 Å². The molecule has 1 atom stereocenters. The van der Waals surface area contributed by atoms with Crippen LogP contribution >= 0.6 is 0 Å². The molecule has 1 N–H and O–H groups in total. The Kier molecular flexibility index (Phi) is 5.19. The Balaban J connectivity index is 2.36. The van der Waals surface area contributed by atoms with Gasteiger partial charge in [0.25, 0.3) is 0 Å². The Hall–Kier alpha value is -0.640. The van der Waals surface area contributed by atoms with Crippen LogP contribution in [0.5, 0.6) is 0 Å². The molecule has 1 rings (SSSR count). The van der Waals surface area contributed by atoms with Gasteiger partial charge in [-0.25, -0.2) is 8.42 Å². The van der Waals surface area contributed by atoms with Gasteiger partial charge in [-0.3, -0.25) is 0 Å². The standard InChI is InChI=1S/C10H19N3O2S/c1-12-10(9-11)3-5-13-4-2-7-16(14,15)8-6-13/h10,12H,2-8H2,1H3. The highest BCUT2D eigenvalue weighted by Gasteiger charge is 2.19. The van der Waals surface area contributed by atoms with Gasteiger partial charge >= 0.3 is 0 Å². The summed E-state index contributed by atoms with van der Waals surface area (Å²) in [5.41, 5.74) is 0. The first-order valence-electron chi connectivity index (χ1n) is 5.57. The molecule has 6 heteroatoms. The van der Waals surface area contributed by atoms with E-state index < -0.39 is 9.84 Å². The minimum atomic E-state index is -2.82. The molecule has 16 heavy (non-hydrogen) atoms. The lowest BCUT2D eigenvalue weighted by Crippen LogP contribution is -2.33. The molecule has 1 aliphatic rings. The number of nitriles is 1. The topological polar surface area (TPSA) is 73.2 Å². The van der Waals surface area contributed by atoms with Crippen LogP contribution in [-0.4, -0.2) is 57.5 Å². The van der Waals surface area contributed by atoms with Crippen LogP contribution in [-0.2, 0) is 9.84 Å². The molecule has 0 aliphatic carbocycles. The van der Waals surface area contributed by atoms with Crippen molar-refractivity contribution >= 4 is 9.84 Å². The highest BCUT2D eigenvalue weighted by Crippen LogP contribution is 2.06. The van der Waals surface area contributed by atoms with Gasteiger partial charge in [0.15, 0.2) is 9.84 Å². The van der Waals surface area contributed by atoms with Crippen LogP contribution in [0.25, 0.3) is 0 Å². The zero-order valence-electron chi connectivity index (χ0n) is 9.65. The van der Waals surface area contributed by atoms with Crippen molar-refractivity contribution in [2.24, 2.45) is 0 Å². The molecular formula is C10H19N3O2S. The Labute approximate surface area is 97.3 Å². The van der Waals surface area contributed by atoms with Crippen molar-refractivity contribution in [3.05, 3.63) is 0 Å². The number of sulfone groups is 1. The van der Waals surface area contributed by atoms with Crippen molar-refractivity contribution in [3.63, 3.8) is 0 Å². The summed E-state index contributed by atoms with van der Waals surface area (Å²) in [5.74, 6) is 0.557. The van der Waals surface area contributed by atoms with Crippen LogP contribution in [0, 0.1) is 11.3 Å². The van der Waals surface area contributed by atoms with E-state index in [0.717, 1.165) is 19.5 Å². The van der Waals surface area contributed by atoms with E-state index in [-0.39, 0.29) is 11.8 Å². The third kappa shape index (κ3) is 4.47. The van der Waals surface area contributed by atoms with E-state index in [9.17, 15) is 8.42 Å². The molecular weight excluding hydrogens is 226 g/mol. The molecule has 5 nitrogen and oxygen atoms in total. The van der Waals surface area contributed by atoms with Crippen LogP contribution in [0.4, 0.5) is 0 Å². The van der Waals surface area contributed by atoms with Gasteiger partial charge in [0.05, 0.1) is 23.6 Å². The Morgan fingerprint density at radius 2 is 2.19 bits per heavy atom. The lowest BCUT2D eigenvalue weighted by Gasteiger charge is -2.20. The van der Waals surface area contributed by atoms with Gasteiger partial charge in [-0.2, -0.15) is 5.26 Å². The maximum atomic E-state index is 11.4. The monoisotopic (exact) mass is 245 g/mol. The molecule has 0 aromatic heterocycles. The molecule has 92 valence electrons. The fraction of sp³-hybridized carbons (Fsp3) is 0.900. The third-order valence-corrected chi connectivity index (χ3v) is 4.60. The van der Waals surface area contributed by atoms with Crippen molar-refractivity contribution in [2.45, 2.75) is 18.9 Å². The maximum absolute atomic E-state index is 11.4. The average molecular weight is 245 g/mol. The zero-order chi connectivity index (χ0) is 12.0. The molecule has 0 aromatic rings. The largest absolute Gasteiger partial charge is 0.305 e. The van der Waals surface area contributed by atoms with Crippen LogP contribution in [0.15, 0.2) is 0 Å². The average Bonchev–Trinajstić information content (AvgIpc) is 2.41. The van der Waals surface area contributed by atoms with E-state index >= 15 is 0 Å². The SMILES string of the molecule is CNC(C#N)CCN1CCCS(=O)(=O)CC1. The summed E-state index contributed by atoms with van der Waals surface area (Å²) in [6.45, 7) is 2.21. The zero-order valence-corrected chi connectivity index (χ0v) is 10.5. The highest BCUT2D eigenvalue weighted by atomic mass is 32.2. The molecule has 0 radical (unpaired) electrons. The lowest BCUT2D eigenvalue weighted by atomic mass is 10.2. The summed E-state index contributed by atoms with van der Waals surface area (Å²) >= 11 is 0. The predicted octanol–water partition coefficient (Wildman–Crippen LogP) is -0.391. The lowest BCUT2D eigenvalue weighted by molar-refractivity contribution is 0.284. The van der Waals surface area contributed by atoms with Gasteiger partial charge in [-0.05, 0) is 26.4 Å². The first kappa shape index (κ1) is 13.4. The predicted molar refractivity (Wildman–Crippen MR) is 62.8 cm³/mol. The molecule has 0 bridgehead atoms. The van der Waals surface area contributed by atoms with Crippen molar-refractivity contribution in [3.8, 4) is 6.07 Å². The minimum Gasteiger partial charge on any atom is -0.305 e.